The maximum Gasteiger partial charge on any atom is 0.323 e. The summed E-state index contributed by atoms with van der Waals surface area (Å²) in [5.74, 6) is -1.50. The molecule has 90 valence electrons. The molecule has 0 fully saturated rings. The number of halogens is 1. The van der Waals surface area contributed by atoms with E-state index in [0.29, 0.717) is 5.56 Å². The molecule has 0 saturated carbocycles. The summed E-state index contributed by atoms with van der Waals surface area (Å²) in [6.45, 7) is 3.21. The number of nitrogens with zero attached hydrogens (tertiary/aromatic N) is 1. The van der Waals surface area contributed by atoms with Crippen LogP contribution in [0.5, 0.6) is 0 Å². The van der Waals surface area contributed by atoms with Gasteiger partial charge in [0.2, 0.25) is 0 Å². The Morgan fingerprint density at radius 3 is 2.71 bits per heavy atom. The van der Waals surface area contributed by atoms with E-state index in [9.17, 15) is 9.18 Å². The molecule has 0 heterocycles. The average Bonchev–Trinajstić information content (AvgIpc) is 2.25. The molecule has 0 aliphatic heterocycles. The van der Waals surface area contributed by atoms with Gasteiger partial charge in [0.15, 0.2) is 0 Å². The molecule has 0 saturated heterocycles. The second-order valence-electron chi connectivity index (χ2n) is 4.24. The first-order chi connectivity index (χ1) is 7.85. The SMILES string of the molecule is CC(C)(NCc1cc(F)cc(C#N)c1)C(=O)O. The zero-order valence-corrected chi connectivity index (χ0v) is 9.62. The molecule has 4 nitrogen and oxygen atoms in total. The highest BCUT2D eigenvalue weighted by molar-refractivity contribution is 5.77. The summed E-state index contributed by atoms with van der Waals surface area (Å²) < 4.78 is 13.1. The van der Waals surface area contributed by atoms with Crippen molar-refractivity contribution in [2.45, 2.75) is 25.9 Å². The summed E-state index contributed by atoms with van der Waals surface area (Å²) in [4.78, 5) is 10.8. The van der Waals surface area contributed by atoms with Gasteiger partial charge in [0.05, 0.1) is 11.6 Å². The molecule has 1 aromatic carbocycles. The number of carbonyl (C=O) groups is 1. The maximum absolute atomic E-state index is 13.1. The van der Waals surface area contributed by atoms with Gasteiger partial charge in [0.1, 0.15) is 11.4 Å². The molecule has 0 unspecified atom stereocenters. The summed E-state index contributed by atoms with van der Waals surface area (Å²) in [7, 11) is 0. The third-order valence-electron chi connectivity index (χ3n) is 2.36. The third-order valence-corrected chi connectivity index (χ3v) is 2.36. The first-order valence-corrected chi connectivity index (χ1v) is 5.03. The molecule has 0 aliphatic carbocycles. The normalized spacial score (nSPS) is 10.9. The van der Waals surface area contributed by atoms with Gasteiger partial charge < -0.3 is 5.11 Å². The number of nitriles is 1. The molecular weight excluding hydrogens is 223 g/mol. The minimum Gasteiger partial charge on any atom is -0.480 e. The predicted molar refractivity (Wildman–Crippen MR) is 59.7 cm³/mol. The topological polar surface area (TPSA) is 73.1 Å². The largest absolute Gasteiger partial charge is 0.480 e. The van der Waals surface area contributed by atoms with E-state index in [1.54, 1.807) is 0 Å². The van der Waals surface area contributed by atoms with E-state index >= 15 is 0 Å². The number of hydrogen-bond acceptors (Lipinski definition) is 3. The van der Waals surface area contributed by atoms with Gasteiger partial charge in [-0.2, -0.15) is 5.26 Å². The second kappa shape index (κ2) is 4.93. The molecule has 0 aromatic heterocycles. The molecule has 0 spiro atoms. The smallest absolute Gasteiger partial charge is 0.323 e. The van der Waals surface area contributed by atoms with Crippen LogP contribution in [-0.2, 0) is 11.3 Å². The molecule has 1 aromatic rings. The number of hydrogen-bond donors (Lipinski definition) is 2. The minimum atomic E-state index is -1.10. The fourth-order valence-corrected chi connectivity index (χ4v) is 1.22. The Bertz CT molecular complexity index is 478. The standard InChI is InChI=1S/C12H13FN2O2/c1-12(2,11(16)17)15-7-9-3-8(6-14)4-10(13)5-9/h3-5,15H,7H2,1-2H3,(H,16,17). The highest BCUT2D eigenvalue weighted by Crippen LogP contribution is 2.10. The third kappa shape index (κ3) is 3.54. The summed E-state index contributed by atoms with van der Waals surface area (Å²) >= 11 is 0. The fraction of sp³-hybridized carbons (Fsp3) is 0.333. The van der Waals surface area contributed by atoms with Gasteiger partial charge in [-0.15, -0.1) is 0 Å². The lowest BCUT2D eigenvalue weighted by Gasteiger charge is -2.21. The predicted octanol–water partition coefficient (Wildman–Crippen LogP) is 1.65. The lowest BCUT2D eigenvalue weighted by atomic mass is 10.0. The van der Waals surface area contributed by atoms with Crippen molar-refractivity contribution in [3.8, 4) is 6.07 Å². The number of rotatable bonds is 4. The molecule has 0 aliphatic rings. The molecular formula is C12H13FN2O2. The second-order valence-corrected chi connectivity index (χ2v) is 4.24. The van der Waals surface area contributed by atoms with Crippen LogP contribution in [0.4, 0.5) is 4.39 Å². The molecule has 0 radical (unpaired) electrons. The molecule has 5 heteroatoms. The van der Waals surface area contributed by atoms with E-state index in [1.165, 1.54) is 26.0 Å². The van der Waals surface area contributed by atoms with Gasteiger partial charge in [-0.05, 0) is 37.6 Å². The van der Waals surface area contributed by atoms with Crippen LogP contribution in [0, 0.1) is 17.1 Å². The average molecular weight is 236 g/mol. The molecule has 0 amide bonds. The molecule has 17 heavy (non-hydrogen) atoms. The molecule has 0 atom stereocenters. The van der Waals surface area contributed by atoms with Gasteiger partial charge in [-0.1, -0.05) is 0 Å². The summed E-state index contributed by atoms with van der Waals surface area (Å²) in [6.07, 6.45) is 0. The van der Waals surface area contributed by atoms with Crippen molar-refractivity contribution in [1.82, 2.24) is 5.32 Å². The van der Waals surface area contributed by atoms with E-state index in [2.05, 4.69) is 5.32 Å². The van der Waals surface area contributed by atoms with Crippen LogP contribution in [0.2, 0.25) is 0 Å². The van der Waals surface area contributed by atoms with Crippen LogP contribution in [-0.4, -0.2) is 16.6 Å². The van der Waals surface area contributed by atoms with Crippen LogP contribution in [0.3, 0.4) is 0 Å². The van der Waals surface area contributed by atoms with Gasteiger partial charge in [-0.25, -0.2) is 4.39 Å². The Morgan fingerprint density at radius 1 is 1.53 bits per heavy atom. The summed E-state index contributed by atoms with van der Waals surface area (Å²) in [5, 5.41) is 20.3. The van der Waals surface area contributed by atoms with Crippen molar-refractivity contribution >= 4 is 5.97 Å². The number of carboxylic acid groups (broad SMARTS) is 1. The van der Waals surface area contributed by atoms with E-state index in [4.69, 9.17) is 10.4 Å². The van der Waals surface area contributed by atoms with Gasteiger partial charge in [0, 0.05) is 6.54 Å². The van der Waals surface area contributed by atoms with Gasteiger partial charge in [-0.3, -0.25) is 10.1 Å². The lowest BCUT2D eigenvalue weighted by molar-refractivity contribution is -0.143. The van der Waals surface area contributed by atoms with Gasteiger partial charge in [0.25, 0.3) is 0 Å². The van der Waals surface area contributed by atoms with Crippen molar-refractivity contribution in [2.75, 3.05) is 0 Å². The fourth-order valence-electron chi connectivity index (χ4n) is 1.22. The van der Waals surface area contributed by atoms with Crippen LogP contribution in [0.15, 0.2) is 18.2 Å². The van der Waals surface area contributed by atoms with Crippen LogP contribution < -0.4 is 5.32 Å². The first kappa shape index (κ1) is 13.1. The minimum absolute atomic E-state index is 0.186. The highest BCUT2D eigenvalue weighted by Gasteiger charge is 2.25. The number of carboxylic acids is 1. The Labute approximate surface area is 98.7 Å². The maximum atomic E-state index is 13.1. The van der Waals surface area contributed by atoms with Crippen molar-refractivity contribution in [3.63, 3.8) is 0 Å². The quantitative estimate of drug-likeness (QED) is 0.833. The Balaban J connectivity index is 2.80. The molecule has 0 bridgehead atoms. The Morgan fingerprint density at radius 2 is 2.18 bits per heavy atom. The van der Waals surface area contributed by atoms with Crippen LogP contribution >= 0.6 is 0 Å². The zero-order valence-electron chi connectivity index (χ0n) is 9.62. The first-order valence-electron chi connectivity index (χ1n) is 5.03. The van der Waals surface area contributed by atoms with E-state index < -0.39 is 17.3 Å². The Hall–Kier alpha value is -1.93. The van der Waals surface area contributed by atoms with Crippen LogP contribution in [0.25, 0.3) is 0 Å². The van der Waals surface area contributed by atoms with E-state index in [1.807, 2.05) is 6.07 Å². The van der Waals surface area contributed by atoms with Crippen molar-refractivity contribution in [1.29, 1.82) is 5.26 Å². The van der Waals surface area contributed by atoms with Crippen LogP contribution in [0.1, 0.15) is 25.0 Å². The van der Waals surface area contributed by atoms with Gasteiger partial charge >= 0.3 is 5.97 Å². The van der Waals surface area contributed by atoms with Crippen molar-refractivity contribution in [3.05, 3.63) is 35.1 Å². The lowest BCUT2D eigenvalue weighted by Crippen LogP contribution is -2.46. The van der Waals surface area contributed by atoms with E-state index in [-0.39, 0.29) is 12.1 Å². The van der Waals surface area contributed by atoms with Crippen molar-refractivity contribution in [2.24, 2.45) is 0 Å². The summed E-state index contributed by atoms with van der Waals surface area (Å²) in [5.41, 5.74) is -0.343. The Kier molecular flexibility index (Phi) is 3.81. The number of nitrogens with one attached hydrogen (secondary N) is 1. The molecule has 1 rings (SSSR count). The number of benzene rings is 1. The monoisotopic (exact) mass is 236 g/mol. The van der Waals surface area contributed by atoms with Crippen molar-refractivity contribution < 1.29 is 14.3 Å². The highest BCUT2D eigenvalue weighted by atomic mass is 19.1. The zero-order chi connectivity index (χ0) is 13.1. The molecule has 2 N–H and O–H groups in total. The number of aliphatic carboxylic acids is 1. The van der Waals surface area contributed by atoms with E-state index in [0.717, 1.165) is 6.07 Å². The summed E-state index contributed by atoms with van der Waals surface area (Å²) in [6, 6.07) is 5.77.